The summed E-state index contributed by atoms with van der Waals surface area (Å²) in [5.41, 5.74) is 0.969. The summed E-state index contributed by atoms with van der Waals surface area (Å²) in [6, 6.07) is 11.7. The number of nitrogens with zero attached hydrogens (tertiary/aromatic N) is 5. The van der Waals surface area contributed by atoms with Crippen LogP contribution in [0.2, 0.25) is 0 Å². The average molecular weight is 351 g/mol. The zero-order chi connectivity index (χ0) is 17.8. The number of aromatic amines is 1. The third kappa shape index (κ3) is 3.80. The molecule has 2 aromatic heterocycles. The monoisotopic (exact) mass is 351 g/mol. The lowest BCUT2D eigenvalue weighted by atomic mass is 10.1. The maximum Gasteiger partial charge on any atom is 0.224 e. The van der Waals surface area contributed by atoms with Gasteiger partial charge < -0.3 is 15.3 Å². The van der Waals surface area contributed by atoms with Crippen molar-refractivity contribution in [3.63, 3.8) is 0 Å². The van der Waals surface area contributed by atoms with E-state index in [4.69, 9.17) is 0 Å². The zero-order valence-electron chi connectivity index (χ0n) is 14.3. The molecule has 134 valence electrons. The molecule has 1 saturated heterocycles. The molecule has 1 atom stereocenters. The van der Waals surface area contributed by atoms with Gasteiger partial charge in [-0.25, -0.2) is 9.97 Å². The van der Waals surface area contributed by atoms with Crippen molar-refractivity contribution in [1.29, 1.82) is 0 Å². The molecule has 0 amide bonds. The summed E-state index contributed by atoms with van der Waals surface area (Å²) in [4.78, 5) is 15.4. The van der Waals surface area contributed by atoms with Gasteiger partial charge in [-0.15, -0.1) is 0 Å². The molecule has 0 saturated carbocycles. The minimum atomic E-state index is -0.291. The van der Waals surface area contributed by atoms with Crippen LogP contribution in [0.5, 0.6) is 0 Å². The lowest BCUT2D eigenvalue weighted by Crippen LogP contribution is -2.38. The Labute approximate surface area is 151 Å². The molecule has 8 heteroatoms. The fourth-order valence-corrected chi connectivity index (χ4v) is 3.03. The predicted octanol–water partition coefficient (Wildman–Crippen LogP) is 1.83. The summed E-state index contributed by atoms with van der Waals surface area (Å²) < 4.78 is 0. The minimum absolute atomic E-state index is 0.291. The van der Waals surface area contributed by atoms with Gasteiger partial charge in [-0.2, -0.15) is 10.1 Å². The maximum absolute atomic E-state index is 9.84. The van der Waals surface area contributed by atoms with Gasteiger partial charge in [-0.1, -0.05) is 30.3 Å². The summed E-state index contributed by atoms with van der Waals surface area (Å²) in [6.45, 7) is 1.96. The van der Waals surface area contributed by atoms with Crippen LogP contribution in [0.1, 0.15) is 18.7 Å². The molecule has 1 aliphatic rings. The molecule has 1 aromatic carbocycles. The zero-order valence-corrected chi connectivity index (χ0v) is 14.3. The van der Waals surface area contributed by atoms with Gasteiger partial charge in [0.15, 0.2) is 5.82 Å². The van der Waals surface area contributed by atoms with Crippen molar-refractivity contribution in [2.24, 2.45) is 0 Å². The van der Waals surface area contributed by atoms with Crippen LogP contribution in [-0.2, 0) is 6.54 Å². The second-order valence-corrected chi connectivity index (χ2v) is 6.31. The number of aliphatic hydroxyl groups excluding tert-OH is 1. The molecular weight excluding hydrogens is 330 g/mol. The first-order valence-corrected chi connectivity index (χ1v) is 8.74. The normalized spacial score (nSPS) is 17.3. The number of hydrogen-bond acceptors (Lipinski definition) is 7. The summed E-state index contributed by atoms with van der Waals surface area (Å²) in [5.74, 6) is 2.73. The van der Waals surface area contributed by atoms with Crippen LogP contribution in [0.15, 0.2) is 42.6 Å². The highest BCUT2D eigenvalue weighted by Gasteiger charge is 2.19. The first-order valence-electron chi connectivity index (χ1n) is 8.74. The molecule has 4 rings (SSSR count). The van der Waals surface area contributed by atoms with Gasteiger partial charge in [-0.3, -0.25) is 5.10 Å². The molecule has 3 N–H and O–H groups in total. The Morgan fingerprint density at radius 2 is 2.08 bits per heavy atom. The molecule has 26 heavy (non-hydrogen) atoms. The number of rotatable bonds is 5. The van der Waals surface area contributed by atoms with Crippen molar-refractivity contribution in [2.75, 3.05) is 23.3 Å². The molecule has 1 aliphatic heterocycles. The van der Waals surface area contributed by atoms with E-state index in [-0.39, 0.29) is 6.10 Å². The van der Waals surface area contributed by atoms with Gasteiger partial charge in [0.05, 0.1) is 12.6 Å². The van der Waals surface area contributed by atoms with Gasteiger partial charge in [0, 0.05) is 24.8 Å². The number of benzene rings is 1. The minimum Gasteiger partial charge on any atom is -0.391 e. The van der Waals surface area contributed by atoms with E-state index >= 15 is 0 Å². The van der Waals surface area contributed by atoms with Gasteiger partial charge in [-0.05, 0) is 18.9 Å². The number of β-amino-alcohol motifs (C(OH)–C–C–N with tert-alkyl or cyclic N) is 1. The second-order valence-electron chi connectivity index (χ2n) is 6.31. The molecule has 0 spiro atoms. The Bertz CT molecular complexity index is 852. The Balaban J connectivity index is 1.41. The van der Waals surface area contributed by atoms with Crippen LogP contribution in [-0.4, -0.2) is 49.4 Å². The number of H-pyrrole nitrogens is 1. The highest BCUT2D eigenvalue weighted by Crippen LogP contribution is 2.19. The molecule has 3 aromatic rings. The average Bonchev–Trinajstić information content (AvgIpc) is 3.16. The van der Waals surface area contributed by atoms with Crippen molar-refractivity contribution in [2.45, 2.75) is 25.5 Å². The van der Waals surface area contributed by atoms with E-state index in [0.29, 0.717) is 30.7 Å². The third-order valence-corrected chi connectivity index (χ3v) is 4.34. The second kappa shape index (κ2) is 7.49. The SMILES string of the molecule is OC1CCCN(c2ccnc(NCc3nc(-c4ccccc4)n[nH]3)n2)C1. The standard InChI is InChI=1S/C18H21N7O/c26-14-7-4-10-25(12-14)16-8-9-19-18(22-16)20-11-15-21-17(24-23-15)13-5-2-1-3-6-13/h1-3,5-6,8-9,14,26H,4,7,10-12H2,(H,19,20,22)(H,21,23,24). The first kappa shape index (κ1) is 16.5. The first-order chi connectivity index (χ1) is 12.8. The highest BCUT2D eigenvalue weighted by molar-refractivity contribution is 5.54. The van der Waals surface area contributed by atoms with Crippen molar-refractivity contribution < 1.29 is 5.11 Å². The van der Waals surface area contributed by atoms with Crippen LogP contribution in [0, 0.1) is 0 Å². The number of anilines is 2. The predicted molar refractivity (Wildman–Crippen MR) is 98.6 cm³/mol. The van der Waals surface area contributed by atoms with Crippen molar-refractivity contribution in [1.82, 2.24) is 25.1 Å². The topological polar surface area (TPSA) is 103 Å². The number of aromatic nitrogens is 5. The fraction of sp³-hybridized carbons (Fsp3) is 0.333. The number of aliphatic hydroxyl groups is 1. The van der Waals surface area contributed by atoms with Crippen LogP contribution in [0.3, 0.4) is 0 Å². The summed E-state index contributed by atoms with van der Waals surface area (Å²) in [7, 11) is 0. The molecule has 3 heterocycles. The molecule has 1 unspecified atom stereocenters. The Hall–Kier alpha value is -3.00. The van der Waals surface area contributed by atoms with Crippen LogP contribution in [0.25, 0.3) is 11.4 Å². The lowest BCUT2D eigenvalue weighted by Gasteiger charge is -2.31. The molecule has 0 radical (unpaired) electrons. The van der Waals surface area contributed by atoms with Crippen molar-refractivity contribution >= 4 is 11.8 Å². The molecule has 0 aliphatic carbocycles. The van der Waals surface area contributed by atoms with Crippen LogP contribution < -0.4 is 10.2 Å². The molecule has 1 fully saturated rings. The Morgan fingerprint density at radius 1 is 1.19 bits per heavy atom. The van der Waals surface area contributed by atoms with Gasteiger partial charge in [0.1, 0.15) is 11.6 Å². The molecule has 8 nitrogen and oxygen atoms in total. The van der Waals surface area contributed by atoms with E-state index in [1.807, 2.05) is 36.4 Å². The van der Waals surface area contributed by atoms with E-state index in [1.165, 1.54) is 0 Å². The molecular formula is C18H21N7O. The highest BCUT2D eigenvalue weighted by atomic mass is 16.3. The van der Waals surface area contributed by atoms with E-state index in [9.17, 15) is 5.11 Å². The number of nitrogens with one attached hydrogen (secondary N) is 2. The maximum atomic E-state index is 9.84. The van der Waals surface area contributed by atoms with Crippen molar-refractivity contribution in [3.05, 3.63) is 48.4 Å². The lowest BCUT2D eigenvalue weighted by molar-refractivity contribution is 0.154. The molecule has 0 bridgehead atoms. The summed E-state index contributed by atoms with van der Waals surface area (Å²) in [5, 5.41) is 20.2. The van der Waals surface area contributed by atoms with E-state index in [1.54, 1.807) is 6.20 Å². The van der Waals surface area contributed by atoms with Crippen LogP contribution >= 0.6 is 0 Å². The van der Waals surface area contributed by atoms with E-state index in [0.717, 1.165) is 30.8 Å². The van der Waals surface area contributed by atoms with Crippen molar-refractivity contribution in [3.8, 4) is 11.4 Å². The summed E-state index contributed by atoms with van der Waals surface area (Å²) in [6.07, 6.45) is 3.25. The van der Waals surface area contributed by atoms with Gasteiger partial charge >= 0.3 is 0 Å². The Morgan fingerprint density at radius 3 is 2.92 bits per heavy atom. The summed E-state index contributed by atoms with van der Waals surface area (Å²) >= 11 is 0. The van der Waals surface area contributed by atoms with E-state index < -0.39 is 0 Å². The van der Waals surface area contributed by atoms with Crippen LogP contribution in [0.4, 0.5) is 11.8 Å². The number of hydrogen-bond donors (Lipinski definition) is 3. The van der Waals surface area contributed by atoms with E-state index in [2.05, 4.69) is 35.4 Å². The fourth-order valence-electron chi connectivity index (χ4n) is 3.03. The quantitative estimate of drug-likeness (QED) is 0.644. The largest absolute Gasteiger partial charge is 0.391 e. The third-order valence-electron chi connectivity index (χ3n) is 4.34. The van der Waals surface area contributed by atoms with Gasteiger partial charge in [0.25, 0.3) is 0 Å². The van der Waals surface area contributed by atoms with Gasteiger partial charge in [0.2, 0.25) is 5.95 Å². The number of piperidine rings is 1. The smallest absolute Gasteiger partial charge is 0.224 e. The Kier molecular flexibility index (Phi) is 4.74.